The number of fused-ring (bicyclic) bond motifs is 3. The molecule has 0 radical (unpaired) electrons. The molecular weight excluding hydrogens is 382 g/mol. The van der Waals surface area contributed by atoms with E-state index in [1.165, 1.54) is 6.07 Å². The molecule has 2 bridgehead atoms. The Bertz CT molecular complexity index is 719. The van der Waals surface area contributed by atoms with Crippen molar-refractivity contribution in [2.75, 3.05) is 13.8 Å². The van der Waals surface area contributed by atoms with Gasteiger partial charge in [0.25, 0.3) is 0 Å². The topological polar surface area (TPSA) is 74.0 Å². The Labute approximate surface area is 162 Å². The van der Waals surface area contributed by atoms with Gasteiger partial charge in [-0.05, 0) is 37.2 Å². The zero-order valence-electron chi connectivity index (χ0n) is 14.9. The summed E-state index contributed by atoms with van der Waals surface area (Å²) in [4.78, 5) is 14.5. The van der Waals surface area contributed by atoms with Crippen LogP contribution in [0.15, 0.2) is 12.1 Å². The number of halogens is 3. The summed E-state index contributed by atoms with van der Waals surface area (Å²) in [6.45, 7) is -2.80. The first-order valence-electron chi connectivity index (χ1n) is 8.82. The van der Waals surface area contributed by atoms with E-state index < -0.39 is 6.61 Å². The van der Waals surface area contributed by atoms with Crippen molar-refractivity contribution in [3.8, 4) is 17.2 Å². The van der Waals surface area contributed by atoms with E-state index in [1.54, 1.807) is 18.0 Å². The predicted molar refractivity (Wildman–Crippen MR) is 95.2 cm³/mol. The highest BCUT2D eigenvalue weighted by Gasteiger charge is 2.49. The van der Waals surface area contributed by atoms with Gasteiger partial charge in [0.05, 0.1) is 5.92 Å². The quantitative estimate of drug-likeness (QED) is 0.816. The van der Waals surface area contributed by atoms with Crippen molar-refractivity contribution in [1.82, 2.24) is 4.90 Å². The fourth-order valence-electron chi connectivity index (χ4n) is 4.58. The molecule has 4 unspecified atom stereocenters. The molecule has 1 aromatic carbocycles. The first-order valence-corrected chi connectivity index (χ1v) is 8.82. The maximum Gasteiger partial charge on any atom is 0.387 e. The monoisotopic (exact) mass is 404 g/mol. The van der Waals surface area contributed by atoms with E-state index in [-0.39, 0.29) is 49.4 Å². The summed E-state index contributed by atoms with van der Waals surface area (Å²) < 4.78 is 40.6. The van der Waals surface area contributed by atoms with E-state index in [9.17, 15) is 13.6 Å². The van der Waals surface area contributed by atoms with Crippen LogP contribution in [0.1, 0.15) is 24.8 Å². The Morgan fingerprint density at radius 2 is 1.96 bits per heavy atom. The zero-order chi connectivity index (χ0) is 18.4. The summed E-state index contributed by atoms with van der Waals surface area (Å²) in [6.07, 6.45) is 3.13. The van der Waals surface area contributed by atoms with Crippen molar-refractivity contribution >= 4 is 18.3 Å². The highest BCUT2D eigenvalue weighted by atomic mass is 35.5. The van der Waals surface area contributed by atoms with Crippen LogP contribution < -0.4 is 19.9 Å². The van der Waals surface area contributed by atoms with E-state index in [0.717, 1.165) is 19.3 Å². The summed E-state index contributed by atoms with van der Waals surface area (Å²) in [5, 5.41) is 0. The molecule has 27 heavy (non-hydrogen) atoms. The number of carbonyl (C=O) groups excluding carboxylic acids is 1. The van der Waals surface area contributed by atoms with Crippen LogP contribution in [0.4, 0.5) is 8.78 Å². The third-order valence-electron chi connectivity index (χ3n) is 5.82. The summed E-state index contributed by atoms with van der Waals surface area (Å²) in [7, 11) is 1.66. The Morgan fingerprint density at radius 1 is 1.30 bits per heavy atom. The molecule has 2 saturated carbocycles. The first-order chi connectivity index (χ1) is 12.4. The number of amides is 1. The summed E-state index contributed by atoms with van der Waals surface area (Å²) >= 11 is 0. The fourth-order valence-corrected chi connectivity index (χ4v) is 4.58. The molecule has 2 N–H and O–H groups in total. The van der Waals surface area contributed by atoms with Crippen LogP contribution in [0, 0.1) is 17.8 Å². The Balaban J connectivity index is 0.00000210. The van der Waals surface area contributed by atoms with Crippen molar-refractivity contribution in [2.24, 2.45) is 23.5 Å². The molecule has 9 heteroatoms. The summed E-state index contributed by atoms with van der Waals surface area (Å²) in [5.74, 6) is 1.33. The number of hydrogen-bond acceptors (Lipinski definition) is 5. The molecule has 4 rings (SSSR count). The minimum absolute atomic E-state index is 0. The van der Waals surface area contributed by atoms with E-state index in [0.29, 0.717) is 28.9 Å². The largest absolute Gasteiger partial charge is 0.454 e. The number of benzene rings is 1. The number of ether oxygens (including phenoxy) is 3. The van der Waals surface area contributed by atoms with Crippen molar-refractivity contribution in [2.45, 2.75) is 38.5 Å². The first kappa shape index (κ1) is 19.9. The molecular formula is C18H23ClF2N2O4. The lowest BCUT2D eigenvalue weighted by atomic mass is 9.84. The van der Waals surface area contributed by atoms with Gasteiger partial charge in [-0.2, -0.15) is 8.78 Å². The van der Waals surface area contributed by atoms with E-state index in [1.807, 2.05) is 0 Å². The number of nitrogens with two attached hydrogens (primary N) is 1. The van der Waals surface area contributed by atoms with Gasteiger partial charge in [-0.25, -0.2) is 0 Å². The van der Waals surface area contributed by atoms with Crippen molar-refractivity contribution < 1.29 is 27.8 Å². The second-order valence-electron chi connectivity index (χ2n) is 7.32. The standard InChI is InChI=1S/C18H22F2N2O4.ClH/c1-22(17(23)15-9-2-3-10(4-9)16(15)21)7-11-5-13-14(25-8-24-13)6-12(11)26-18(19)20;/h5-6,9-10,15-16,18H,2-4,7-8,21H2,1H3;1H. The van der Waals surface area contributed by atoms with Crippen molar-refractivity contribution in [3.05, 3.63) is 17.7 Å². The third-order valence-corrected chi connectivity index (χ3v) is 5.82. The number of alkyl halides is 2. The molecule has 2 fully saturated rings. The molecule has 1 heterocycles. The van der Waals surface area contributed by atoms with Gasteiger partial charge in [0.15, 0.2) is 11.5 Å². The lowest BCUT2D eigenvalue weighted by Gasteiger charge is -2.31. The number of hydrogen-bond donors (Lipinski definition) is 1. The second kappa shape index (κ2) is 7.67. The van der Waals surface area contributed by atoms with Gasteiger partial charge >= 0.3 is 6.61 Å². The maximum absolute atomic E-state index is 12.9. The molecule has 0 spiro atoms. The smallest absolute Gasteiger partial charge is 0.387 e. The SMILES string of the molecule is CN(Cc1cc2c(cc1OC(F)F)OCO2)C(=O)C1C2CCC(C2)C1N.Cl. The molecule has 4 atom stereocenters. The third kappa shape index (κ3) is 3.65. The molecule has 0 aromatic heterocycles. The van der Waals surface area contributed by atoms with Crippen molar-refractivity contribution in [3.63, 3.8) is 0 Å². The lowest BCUT2D eigenvalue weighted by molar-refractivity contribution is -0.137. The van der Waals surface area contributed by atoms with Crippen molar-refractivity contribution in [1.29, 1.82) is 0 Å². The number of carbonyl (C=O) groups is 1. The molecule has 3 aliphatic rings. The van der Waals surface area contributed by atoms with Crippen LogP contribution in [0.25, 0.3) is 0 Å². The molecule has 150 valence electrons. The average Bonchev–Trinajstić information content (AvgIpc) is 3.29. The van der Waals surface area contributed by atoms with Crippen LogP contribution >= 0.6 is 12.4 Å². The average molecular weight is 405 g/mol. The lowest BCUT2D eigenvalue weighted by Crippen LogP contribution is -2.45. The Kier molecular flexibility index (Phi) is 5.67. The Hall–Kier alpha value is -1.80. The Morgan fingerprint density at radius 3 is 2.59 bits per heavy atom. The van der Waals surface area contributed by atoms with Gasteiger partial charge in [0.1, 0.15) is 5.75 Å². The van der Waals surface area contributed by atoms with Gasteiger partial charge in [0, 0.05) is 31.3 Å². The van der Waals surface area contributed by atoms with Crippen LogP contribution in [0.3, 0.4) is 0 Å². The molecule has 1 aromatic rings. The minimum atomic E-state index is -2.96. The van der Waals surface area contributed by atoms with Gasteiger partial charge < -0.3 is 24.8 Å². The predicted octanol–water partition coefficient (Wildman–Crippen LogP) is 2.77. The minimum Gasteiger partial charge on any atom is -0.454 e. The van der Waals surface area contributed by atoms with Gasteiger partial charge in [-0.3, -0.25) is 4.79 Å². The van der Waals surface area contributed by atoms with Gasteiger partial charge in [-0.1, -0.05) is 0 Å². The number of rotatable bonds is 5. The van der Waals surface area contributed by atoms with Crippen LogP contribution in [0.2, 0.25) is 0 Å². The normalized spacial score (nSPS) is 27.6. The molecule has 6 nitrogen and oxygen atoms in total. The van der Waals surface area contributed by atoms with Gasteiger partial charge in [0.2, 0.25) is 12.7 Å². The molecule has 0 saturated heterocycles. The molecule has 1 aliphatic heterocycles. The maximum atomic E-state index is 12.9. The van der Waals surface area contributed by atoms with Crippen LogP contribution in [0.5, 0.6) is 17.2 Å². The number of nitrogens with zero attached hydrogens (tertiary/aromatic N) is 1. The molecule has 2 aliphatic carbocycles. The van der Waals surface area contributed by atoms with Crippen LogP contribution in [-0.4, -0.2) is 37.3 Å². The van der Waals surface area contributed by atoms with Crippen LogP contribution in [-0.2, 0) is 11.3 Å². The molecule has 1 amide bonds. The summed E-state index contributed by atoms with van der Waals surface area (Å²) in [5.41, 5.74) is 6.70. The second-order valence-corrected chi connectivity index (χ2v) is 7.32. The van der Waals surface area contributed by atoms with Gasteiger partial charge in [-0.15, -0.1) is 12.4 Å². The van der Waals surface area contributed by atoms with E-state index >= 15 is 0 Å². The van der Waals surface area contributed by atoms with E-state index in [4.69, 9.17) is 15.2 Å². The highest BCUT2D eigenvalue weighted by molar-refractivity contribution is 5.85. The zero-order valence-corrected chi connectivity index (χ0v) is 15.7. The fraction of sp³-hybridized carbons (Fsp3) is 0.611. The summed E-state index contributed by atoms with van der Waals surface area (Å²) in [6, 6.07) is 2.85. The highest BCUT2D eigenvalue weighted by Crippen LogP contribution is 2.48. The van der Waals surface area contributed by atoms with E-state index in [2.05, 4.69) is 4.74 Å².